The highest BCUT2D eigenvalue weighted by molar-refractivity contribution is 7.80. The molecule has 0 aliphatic heterocycles. The van der Waals surface area contributed by atoms with Crippen LogP contribution < -0.4 is 43.4 Å². The van der Waals surface area contributed by atoms with Gasteiger partial charge in [0.1, 0.15) is 36.3 Å². The second kappa shape index (κ2) is 24.6. The number of amides is 6. The van der Waals surface area contributed by atoms with Gasteiger partial charge in [-0.2, -0.15) is 12.6 Å². The number of nitrogens with one attached hydrogen (secondary N) is 6. The molecule has 0 bridgehead atoms. The van der Waals surface area contributed by atoms with Gasteiger partial charge in [0, 0.05) is 12.2 Å². The van der Waals surface area contributed by atoms with Crippen LogP contribution in [-0.2, 0) is 44.8 Å². The van der Waals surface area contributed by atoms with Gasteiger partial charge in [-0.3, -0.25) is 33.6 Å². The minimum Gasteiger partial charge on any atom is -0.481 e. The summed E-state index contributed by atoms with van der Waals surface area (Å²) in [5.41, 5.74) is 12.3. The van der Waals surface area contributed by atoms with E-state index < -0.39 is 102 Å². The first-order valence-electron chi connectivity index (χ1n) is 18.2. The molecule has 1 rings (SSSR count). The van der Waals surface area contributed by atoms with E-state index in [-0.39, 0.29) is 24.5 Å². The number of unbranched alkanes of at least 4 members (excludes halogenated alkanes) is 1. The Kier molecular flexibility index (Phi) is 21.6. The Morgan fingerprint density at radius 1 is 0.691 bits per heavy atom. The molecule has 0 radical (unpaired) electrons. The van der Waals surface area contributed by atoms with Crippen LogP contribution in [-0.4, -0.2) is 112 Å². The average Bonchev–Trinajstić information content (AvgIpc) is 3.13. The number of hydrogen-bond acceptors (Lipinski definition) is 11. The zero-order chi connectivity index (χ0) is 41.8. The van der Waals surface area contributed by atoms with E-state index in [1.807, 2.05) is 13.8 Å². The molecule has 1 aromatic carbocycles. The molecule has 0 saturated heterocycles. The van der Waals surface area contributed by atoms with Gasteiger partial charge in [-0.15, -0.1) is 0 Å². The molecular formula is C36H58N8O10S. The lowest BCUT2D eigenvalue weighted by Crippen LogP contribution is -2.61. The molecule has 0 aromatic heterocycles. The molecule has 0 saturated carbocycles. The predicted octanol–water partition coefficient (Wildman–Crippen LogP) is -1.19. The van der Waals surface area contributed by atoms with Crippen molar-refractivity contribution in [3.8, 4) is 0 Å². The van der Waals surface area contributed by atoms with Crippen LogP contribution in [0.5, 0.6) is 0 Å². The summed E-state index contributed by atoms with van der Waals surface area (Å²) in [6, 6.07) is -0.266. The number of rotatable bonds is 25. The predicted molar refractivity (Wildman–Crippen MR) is 206 cm³/mol. The van der Waals surface area contributed by atoms with Crippen molar-refractivity contribution in [1.29, 1.82) is 0 Å². The quantitative estimate of drug-likeness (QED) is 0.0411. The van der Waals surface area contributed by atoms with Crippen LogP contribution in [0.3, 0.4) is 0 Å². The van der Waals surface area contributed by atoms with Crippen LogP contribution in [0.2, 0.25) is 0 Å². The Bertz CT molecular complexity index is 1470. The van der Waals surface area contributed by atoms with Gasteiger partial charge < -0.3 is 53.6 Å². The SMILES string of the molecule is CC[C@H](C)[C@H](N)C(=O)N[C@@H](CCCCN)C(=O)N[C@@H](CS)C(=O)N[C@H](C(=O)N[C@@H](C)C(=O)N[C@@H](Cc1ccccc1)C(=O)N[C@@H](CC(=O)O)C(=O)O)C(C)C. The molecule has 8 atom stereocenters. The minimum absolute atomic E-state index is 0.0950. The fourth-order valence-corrected chi connectivity index (χ4v) is 5.43. The van der Waals surface area contributed by atoms with E-state index in [4.69, 9.17) is 16.6 Å². The first kappa shape index (κ1) is 48.3. The Balaban J connectivity index is 3.09. The molecule has 55 heavy (non-hydrogen) atoms. The summed E-state index contributed by atoms with van der Waals surface area (Å²) in [6.45, 7) is 8.69. The van der Waals surface area contributed by atoms with Crippen LogP contribution in [0.25, 0.3) is 0 Å². The first-order valence-corrected chi connectivity index (χ1v) is 18.9. The lowest BCUT2D eigenvalue weighted by atomic mass is 9.98. The first-order chi connectivity index (χ1) is 25.9. The molecule has 6 amide bonds. The van der Waals surface area contributed by atoms with Crippen molar-refractivity contribution in [2.45, 2.75) is 115 Å². The molecule has 308 valence electrons. The Hall–Kier alpha value is -4.75. The zero-order valence-corrected chi connectivity index (χ0v) is 32.9. The molecule has 0 aliphatic rings. The summed E-state index contributed by atoms with van der Waals surface area (Å²) in [6.07, 6.45) is 0.981. The molecular weight excluding hydrogens is 737 g/mol. The molecule has 0 aliphatic carbocycles. The lowest BCUT2D eigenvalue weighted by molar-refractivity contribution is -0.147. The van der Waals surface area contributed by atoms with Gasteiger partial charge in [0.05, 0.1) is 12.5 Å². The summed E-state index contributed by atoms with van der Waals surface area (Å²) in [4.78, 5) is 102. The lowest BCUT2D eigenvalue weighted by Gasteiger charge is -2.28. The van der Waals surface area contributed by atoms with Crippen molar-refractivity contribution in [2.24, 2.45) is 23.3 Å². The average molecular weight is 795 g/mol. The minimum atomic E-state index is -1.77. The third-order valence-electron chi connectivity index (χ3n) is 8.86. The summed E-state index contributed by atoms with van der Waals surface area (Å²) in [5.74, 6) is -8.36. The van der Waals surface area contributed by atoms with E-state index in [2.05, 4.69) is 44.5 Å². The normalized spacial score (nSPS) is 15.4. The summed E-state index contributed by atoms with van der Waals surface area (Å²) >= 11 is 4.22. The highest BCUT2D eigenvalue weighted by Crippen LogP contribution is 2.10. The Morgan fingerprint density at radius 2 is 1.24 bits per heavy atom. The number of aliphatic carboxylic acids is 2. The van der Waals surface area contributed by atoms with Gasteiger partial charge in [0.15, 0.2) is 0 Å². The number of thiol groups is 1. The second-order valence-electron chi connectivity index (χ2n) is 13.7. The smallest absolute Gasteiger partial charge is 0.326 e. The third-order valence-corrected chi connectivity index (χ3v) is 9.23. The maximum absolute atomic E-state index is 13.4. The highest BCUT2D eigenvalue weighted by Gasteiger charge is 2.34. The number of carboxylic acid groups (broad SMARTS) is 2. The van der Waals surface area contributed by atoms with Crippen LogP contribution >= 0.6 is 12.6 Å². The Morgan fingerprint density at radius 3 is 1.76 bits per heavy atom. The maximum Gasteiger partial charge on any atom is 0.326 e. The fraction of sp³-hybridized carbons (Fsp3) is 0.611. The molecule has 19 heteroatoms. The monoisotopic (exact) mass is 794 g/mol. The largest absolute Gasteiger partial charge is 0.481 e. The van der Waals surface area contributed by atoms with E-state index in [1.165, 1.54) is 6.92 Å². The number of benzene rings is 1. The van der Waals surface area contributed by atoms with Gasteiger partial charge in [0.25, 0.3) is 0 Å². The third kappa shape index (κ3) is 17.1. The van der Waals surface area contributed by atoms with Gasteiger partial charge >= 0.3 is 11.9 Å². The van der Waals surface area contributed by atoms with E-state index in [0.717, 1.165) is 0 Å². The van der Waals surface area contributed by atoms with E-state index in [1.54, 1.807) is 44.2 Å². The number of nitrogens with two attached hydrogens (primary N) is 2. The molecule has 18 nitrogen and oxygen atoms in total. The number of carboxylic acids is 2. The molecule has 1 aromatic rings. The fourth-order valence-electron chi connectivity index (χ4n) is 5.17. The zero-order valence-electron chi connectivity index (χ0n) is 32.0. The number of carbonyl (C=O) groups excluding carboxylic acids is 6. The maximum atomic E-state index is 13.4. The molecule has 0 unspecified atom stereocenters. The second-order valence-corrected chi connectivity index (χ2v) is 14.1. The van der Waals surface area contributed by atoms with E-state index in [0.29, 0.717) is 31.4 Å². The molecule has 12 N–H and O–H groups in total. The van der Waals surface area contributed by atoms with Crippen molar-refractivity contribution in [2.75, 3.05) is 12.3 Å². The van der Waals surface area contributed by atoms with E-state index in [9.17, 15) is 43.5 Å². The topological polar surface area (TPSA) is 301 Å². The van der Waals surface area contributed by atoms with Gasteiger partial charge in [-0.05, 0) is 50.1 Å². The summed E-state index contributed by atoms with van der Waals surface area (Å²) in [5, 5.41) is 33.5. The van der Waals surface area contributed by atoms with Crippen LogP contribution in [0.1, 0.15) is 72.3 Å². The summed E-state index contributed by atoms with van der Waals surface area (Å²) in [7, 11) is 0. The van der Waals surface area contributed by atoms with E-state index >= 15 is 0 Å². The molecule has 0 heterocycles. The van der Waals surface area contributed by atoms with Gasteiger partial charge in [-0.1, -0.05) is 64.4 Å². The van der Waals surface area contributed by atoms with Crippen molar-refractivity contribution in [3.05, 3.63) is 35.9 Å². The van der Waals surface area contributed by atoms with Crippen molar-refractivity contribution < 1.29 is 48.6 Å². The Labute approximate surface area is 326 Å². The standard InChI is InChI=1S/C36H58N8O10S/c1-6-20(4)28(38)34(51)40-23(14-10-11-15-37)31(48)43-26(18-55)33(50)44-29(19(2)3)35(52)39-21(5)30(47)41-24(16-22-12-8-7-9-13-22)32(49)42-25(36(53)54)17-27(45)46/h7-9,12-13,19-21,23-26,28-29,55H,6,10-11,14-18,37-38H2,1-5H3,(H,39,52)(H,40,51)(H,41,47)(H,42,49)(H,43,48)(H,44,50)(H,45,46)(H,53,54)/t20-,21-,23-,24-,25-,26-,28-,29-/m0/s1. The van der Waals surface area contributed by atoms with Crippen molar-refractivity contribution in [3.63, 3.8) is 0 Å². The van der Waals surface area contributed by atoms with Crippen LogP contribution in [0.4, 0.5) is 0 Å². The van der Waals surface area contributed by atoms with Crippen molar-refractivity contribution in [1.82, 2.24) is 31.9 Å². The van der Waals surface area contributed by atoms with Crippen molar-refractivity contribution >= 4 is 60.0 Å². The van der Waals surface area contributed by atoms with Gasteiger partial charge in [0.2, 0.25) is 35.4 Å². The number of hydrogen-bond donors (Lipinski definition) is 11. The highest BCUT2D eigenvalue weighted by atomic mass is 32.1. The molecule has 0 spiro atoms. The van der Waals surface area contributed by atoms with Gasteiger partial charge in [-0.25, -0.2) is 4.79 Å². The number of carbonyl (C=O) groups is 8. The van der Waals surface area contributed by atoms with Crippen LogP contribution in [0, 0.1) is 11.8 Å². The molecule has 0 fully saturated rings. The summed E-state index contributed by atoms with van der Waals surface area (Å²) < 4.78 is 0. The van der Waals surface area contributed by atoms with Crippen LogP contribution in [0.15, 0.2) is 30.3 Å².